The Morgan fingerprint density at radius 1 is 1.12 bits per heavy atom. The number of unbranched alkanes of at least 4 members (excludes halogenated alkanes) is 1. The summed E-state index contributed by atoms with van der Waals surface area (Å²) in [6.07, 6.45) is 3.79. The maximum Gasteiger partial charge on any atom is 0.261 e. The molecule has 1 aromatic carbocycles. The van der Waals surface area contributed by atoms with Crippen molar-refractivity contribution in [3.8, 4) is 11.6 Å². The van der Waals surface area contributed by atoms with Crippen LogP contribution in [0.1, 0.15) is 40.5 Å². The third-order valence-electron chi connectivity index (χ3n) is 5.47. The highest BCUT2D eigenvalue weighted by Gasteiger charge is 2.26. The SMILES string of the molecule is CCCCOc1ccc(C(=O)NCCN2CCN(C(=O)c3cn(C)nc3OC)CC2)cc1. The van der Waals surface area contributed by atoms with Crippen molar-refractivity contribution in [2.24, 2.45) is 7.05 Å². The summed E-state index contributed by atoms with van der Waals surface area (Å²) in [5.41, 5.74) is 1.10. The summed E-state index contributed by atoms with van der Waals surface area (Å²) >= 11 is 0. The second kappa shape index (κ2) is 11.5. The molecule has 0 atom stereocenters. The number of amides is 2. The van der Waals surface area contributed by atoms with Crippen molar-refractivity contribution >= 4 is 11.8 Å². The number of benzene rings is 1. The fraction of sp³-hybridized carbons (Fsp3) is 0.522. The molecule has 1 aliphatic rings. The summed E-state index contributed by atoms with van der Waals surface area (Å²) in [6.45, 7) is 6.88. The molecule has 2 heterocycles. The molecular formula is C23H33N5O4. The topological polar surface area (TPSA) is 88.9 Å². The molecule has 0 spiro atoms. The zero-order chi connectivity index (χ0) is 22.9. The lowest BCUT2D eigenvalue weighted by Gasteiger charge is -2.34. The molecule has 1 aliphatic heterocycles. The van der Waals surface area contributed by atoms with Gasteiger partial charge < -0.3 is 19.7 Å². The minimum Gasteiger partial charge on any atom is -0.494 e. The second-order valence-electron chi connectivity index (χ2n) is 7.84. The average molecular weight is 444 g/mol. The van der Waals surface area contributed by atoms with Crippen molar-refractivity contribution in [1.29, 1.82) is 0 Å². The van der Waals surface area contributed by atoms with E-state index in [0.29, 0.717) is 43.2 Å². The smallest absolute Gasteiger partial charge is 0.261 e. The number of hydrogen-bond acceptors (Lipinski definition) is 6. The molecule has 9 nitrogen and oxygen atoms in total. The van der Waals surface area contributed by atoms with E-state index in [4.69, 9.17) is 9.47 Å². The van der Waals surface area contributed by atoms with Gasteiger partial charge in [0.15, 0.2) is 0 Å². The van der Waals surface area contributed by atoms with E-state index < -0.39 is 0 Å². The summed E-state index contributed by atoms with van der Waals surface area (Å²) in [4.78, 5) is 29.2. The largest absolute Gasteiger partial charge is 0.494 e. The third kappa shape index (κ3) is 6.23. The van der Waals surface area contributed by atoms with E-state index in [1.54, 1.807) is 30.1 Å². The van der Waals surface area contributed by atoms with Crippen LogP contribution in [0.3, 0.4) is 0 Å². The third-order valence-corrected chi connectivity index (χ3v) is 5.47. The predicted molar refractivity (Wildman–Crippen MR) is 121 cm³/mol. The number of nitrogens with one attached hydrogen (secondary N) is 1. The Morgan fingerprint density at radius 2 is 1.84 bits per heavy atom. The van der Waals surface area contributed by atoms with Gasteiger partial charge >= 0.3 is 0 Å². The van der Waals surface area contributed by atoms with Gasteiger partial charge in [-0.2, -0.15) is 0 Å². The summed E-state index contributed by atoms with van der Waals surface area (Å²) in [5, 5.41) is 7.12. The molecule has 0 bridgehead atoms. The van der Waals surface area contributed by atoms with Gasteiger partial charge in [-0.25, -0.2) is 0 Å². The van der Waals surface area contributed by atoms with E-state index >= 15 is 0 Å². The van der Waals surface area contributed by atoms with Gasteiger partial charge in [-0.05, 0) is 30.7 Å². The minimum atomic E-state index is -0.0948. The fourth-order valence-corrected chi connectivity index (χ4v) is 3.58. The van der Waals surface area contributed by atoms with Gasteiger partial charge in [0.25, 0.3) is 11.8 Å². The van der Waals surface area contributed by atoms with Gasteiger partial charge in [0.05, 0.1) is 13.7 Å². The number of piperazine rings is 1. The molecule has 9 heteroatoms. The number of ether oxygens (including phenoxy) is 2. The van der Waals surface area contributed by atoms with Crippen LogP contribution in [0.4, 0.5) is 0 Å². The molecule has 1 aromatic heterocycles. The van der Waals surface area contributed by atoms with E-state index in [-0.39, 0.29) is 11.8 Å². The van der Waals surface area contributed by atoms with Crippen LogP contribution in [0, 0.1) is 0 Å². The average Bonchev–Trinajstić information content (AvgIpc) is 3.20. The Labute approximate surface area is 189 Å². The van der Waals surface area contributed by atoms with Crippen LogP contribution in [-0.4, -0.2) is 84.4 Å². The van der Waals surface area contributed by atoms with Crippen LogP contribution in [0.5, 0.6) is 11.6 Å². The van der Waals surface area contributed by atoms with E-state index in [1.165, 1.54) is 7.11 Å². The summed E-state index contributed by atoms with van der Waals surface area (Å²) in [6, 6.07) is 7.23. The first kappa shape index (κ1) is 23.6. The highest BCUT2D eigenvalue weighted by molar-refractivity contribution is 5.96. The van der Waals surface area contributed by atoms with Crippen molar-refractivity contribution < 1.29 is 19.1 Å². The monoisotopic (exact) mass is 443 g/mol. The van der Waals surface area contributed by atoms with Crippen LogP contribution in [0.25, 0.3) is 0 Å². The van der Waals surface area contributed by atoms with Crippen molar-refractivity contribution in [2.45, 2.75) is 19.8 Å². The Kier molecular flexibility index (Phi) is 8.49. The van der Waals surface area contributed by atoms with Gasteiger partial charge in [0, 0.05) is 58.1 Å². The van der Waals surface area contributed by atoms with Gasteiger partial charge in [-0.1, -0.05) is 13.3 Å². The summed E-state index contributed by atoms with van der Waals surface area (Å²) in [7, 11) is 3.28. The molecule has 174 valence electrons. The summed E-state index contributed by atoms with van der Waals surface area (Å²) in [5.74, 6) is 0.974. The van der Waals surface area contributed by atoms with E-state index in [9.17, 15) is 9.59 Å². The molecule has 0 unspecified atom stereocenters. The molecule has 1 fully saturated rings. The fourth-order valence-electron chi connectivity index (χ4n) is 3.58. The molecule has 0 aliphatic carbocycles. The Bertz CT molecular complexity index is 888. The highest BCUT2D eigenvalue weighted by atomic mass is 16.5. The van der Waals surface area contributed by atoms with Crippen molar-refractivity contribution in [3.05, 3.63) is 41.6 Å². The lowest BCUT2D eigenvalue weighted by molar-refractivity contribution is 0.0634. The first-order valence-corrected chi connectivity index (χ1v) is 11.1. The molecule has 1 saturated heterocycles. The molecule has 1 N–H and O–H groups in total. The second-order valence-corrected chi connectivity index (χ2v) is 7.84. The standard InChI is InChI=1S/C23H33N5O4/c1-4-5-16-32-19-8-6-18(7-9-19)21(29)24-10-11-27-12-14-28(15-13-27)23(30)20-17-26(2)25-22(20)31-3/h6-9,17H,4-5,10-16H2,1-3H3,(H,24,29). The number of carbonyl (C=O) groups excluding carboxylic acids is 2. The van der Waals surface area contributed by atoms with Crippen molar-refractivity contribution in [3.63, 3.8) is 0 Å². The number of hydrogen-bond donors (Lipinski definition) is 1. The first-order chi connectivity index (χ1) is 15.5. The Balaban J connectivity index is 1.38. The molecule has 2 aromatic rings. The van der Waals surface area contributed by atoms with Gasteiger partial charge in [-0.15, -0.1) is 5.10 Å². The van der Waals surface area contributed by atoms with E-state index in [2.05, 4.69) is 22.2 Å². The maximum absolute atomic E-state index is 12.8. The van der Waals surface area contributed by atoms with E-state index in [0.717, 1.165) is 38.2 Å². The number of aryl methyl sites for hydroxylation is 1. The molecule has 0 saturated carbocycles. The predicted octanol–water partition coefficient (Wildman–Crippen LogP) is 1.80. The number of methoxy groups -OCH3 is 1. The van der Waals surface area contributed by atoms with Crippen LogP contribution < -0.4 is 14.8 Å². The minimum absolute atomic E-state index is 0.0648. The highest BCUT2D eigenvalue weighted by Crippen LogP contribution is 2.18. The quantitative estimate of drug-likeness (QED) is 0.564. The number of rotatable bonds is 10. The number of nitrogens with zero attached hydrogens (tertiary/aromatic N) is 4. The molecule has 32 heavy (non-hydrogen) atoms. The normalized spacial score (nSPS) is 14.3. The zero-order valence-electron chi connectivity index (χ0n) is 19.2. The van der Waals surface area contributed by atoms with Gasteiger partial charge in [0.2, 0.25) is 5.88 Å². The van der Waals surface area contributed by atoms with Gasteiger partial charge in [0.1, 0.15) is 11.3 Å². The Morgan fingerprint density at radius 3 is 2.50 bits per heavy atom. The zero-order valence-corrected chi connectivity index (χ0v) is 19.2. The summed E-state index contributed by atoms with van der Waals surface area (Å²) < 4.78 is 12.4. The Hall–Kier alpha value is -3.07. The lowest BCUT2D eigenvalue weighted by Crippen LogP contribution is -2.50. The molecule has 0 radical (unpaired) electrons. The molecular weight excluding hydrogens is 410 g/mol. The van der Waals surface area contributed by atoms with Crippen LogP contribution in [0.2, 0.25) is 0 Å². The van der Waals surface area contributed by atoms with Crippen LogP contribution in [0.15, 0.2) is 30.5 Å². The maximum atomic E-state index is 12.8. The first-order valence-electron chi connectivity index (χ1n) is 11.1. The van der Waals surface area contributed by atoms with Crippen molar-refractivity contribution in [1.82, 2.24) is 24.9 Å². The number of aromatic nitrogens is 2. The number of carbonyl (C=O) groups is 2. The van der Waals surface area contributed by atoms with Crippen molar-refractivity contribution in [2.75, 3.05) is 53.0 Å². The van der Waals surface area contributed by atoms with Crippen LogP contribution in [-0.2, 0) is 7.05 Å². The van der Waals surface area contributed by atoms with E-state index in [1.807, 2.05) is 17.0 Å². The molecule has 2 amide bonds. The lowest BCUT2D eigenvalue weighted by atomic mass is 10.2. The molecule has 3 rings (SSSR count). The van der Waals surface area contributed by atoms with Gasteiger partial charge in [-0.3, -0.25) is 19.2 Å². The van der Waals surface area contributed by atoms with Crippen LogP contribution >= 0.6 is 0 Å².